The van der Waals surface area contributed by atoms with Gasteiger partial charge in [0.1, 0.15) is 5.75 Å². The van der Waals surface area contributed by atoms with E-state index in [1.807, 2.05) is 31.2 Å². The molecule has 0 aliphatic carbocycles. The van der Waals surface area contributed by atoms with E-state index < -0.39 is 10.0 Å². The molecule has 2 aromatic rings. The number of amides is 1. The second kappa shape index (κ2) is 8.75. The van der Waals surface area contributed by atoms with Crippen LogP contribution in [0.1, 0.15) is 24.0 Å². The van der Waals surface area contributed by atoms with Crippen molar-refractivity contribution >= 4 is 15.9 Å². The highest BCUT2D eigenvalue weighted by atomic mass is 32.2. The number of carbonyl (C=O) groups is 1. The smallest absolute Gasteiger partial charge is 0.243 e. The molecule has 0 atom stereocenters. The number of aryl methyl sites for hydroxylation is 1. The molecular formula is C21H26N2O4S. The summed E-state index contributed by atoms with van der Waals surface area (Å²) in [6, 6.07) is 14.4. The summed E-state index contributed by atoms with van der Waals surface area (Å²) < 4.78 is 32.1. The zero-order valence-electron chi connectivity index (χ0n) is 16.2. The van der Waals surface area contributed by atoms with Crippen molar-refractivity contribution in [1.29, 1.82) is 0 Å². The van der Waals surface area contributed by atoms with Crippen LogP contribution in [0.5, 0.6) is 5.75 Å². The number of sulfonamides is 1. The molecule has 1 aliphatic heterocycles. The van der Waals surface area contributed by atoms with Crippen LogP contribution in [0.15, 0.2) is 53.4 Å². The van der Waals surface area contributed by atoms with Crippen LogP contribution >= 0.6 is 0 Å². The van der Waals surface area contributed by atoms with E-state index in [-0.39, 0.29) is 16.7 Å². The normalized spacial score (nSPS) is 15.9. The summed E-state index contributed by atoms with van der Waals surface area (Å²) >= 11 is 0. The van der Waals surface area contributed by atoms with Crippen LogP contribution in [0, 0.1) is 12.8 Å². The highest BCUT2D eigenvalue weighted by Gasteiger charge is 2.32. The molecule has 1 heterocycles. The van der Waals surface area contributed by atoms with Crippen molar-refractivity contribution < 1.29 is 17.9 Å². The minimum absolute atomic E-state index is 0.0111. The molecule has 7 heteroatoms. The average Bonchev–Trinajstić information content (AvgIpc) is 2.72. The number of nitrogens with one attached hydrogen (secondary N) is 1. The van der Waals surface area contributed by atoms with Crippen LogP contribution in [0.2, 0.25) is 0 Å². The van der Waals surface area contributed by atoms with E-state index in [0.717, 1.165) is 11.1 Å². The predicted molar refractivity (Wildman–Crippen MR) is 108 cm³/mol. The van der Waals surface area contributed by atoms with Crippen molar-refractivity contribution in [3.8, 4) is 5.75 Å². The molecule has 0 saturated carbocycles. The monoisotopic (exact) mass is 402 g/mol. The maximum Gasteiger partial charge on any atom is 0.243 e. The lowest BCUT2D eigenvalue weighted by Crippen LogP contribution is -2.42. The van der Waals surface area contributed by atoms with Crippen molar-refractivity contribution in [3.63, 3.8) is 0 Å². The second-order valence-electron chi connectivity index (χ2n) is 7.06. The van der Waals surface area contributed by atoms with Crippen molar-refractivity contribution in [3.05, 3.63) is 59.7 Å². The topological polar surface area (TPSA) is 75.7 Å². The Morgan fingerprint density at radius 1 is 1.14 bits per heavy atom. The van der Waals surface area contributed by atoms with E-state index in [9.17, 15) is 13.2 Å². The standard InChI is InChI=1S/C21H26N2O4S/c1-16-4-3-5-17(14-16)15-22-21(24)18-10-12-23(13-11-18)28(25,26)20-8-6-19(27-2)7-9-20/h3-9,14,18H,10-13,15H2,1-2H3,(H,22,24). The number of methoxy groups -OCH3 is 1. The summed E-state index contributed by atoms with van der Waals surface area (Å²) in [5.74, 6) is 0.443. The molecule has 1 N–H and O–H groups in total. The first-order valence-electron chi connectivity index (χ1n) is 9.37. The number of benzene rings is 2. The van der Waals surface area contributed by atoms with E-state index in [0.29, 0.717) is 38.2 Å². The van der Waals surface area contributed by atoms with E-state index in [2.05, 4.69) is 5.32 Å². The Hall–Kier alpha value is -2.38. The van der Waals surface area contributed by atoms with Crippen LogP contribution in [0.25, 0.3) is 0 Å². The molecule has 0 spiro atoms. The van der Waals surface area contributed by atoms with Crippen LogP contribution in [-0.4, -0.2) is 38.8 Å². The summed E-state index contributed by atoms with van der Waals surface area (Å²) in [5, 5.41) is 2.97. The lowest BCUT2D eigenvalue weighted by Gasteiger charge is -2.30. The van der Waals surface area contributed by atoms with Gasteiger partial charge in [-0.1, -0.05) is 29.8 Å². The van der Waals surface area contributed by atoms with E-state index in [1.54, 1.807) is 24.3 Å². The first kappa shape index (κ1) is 20.4. The molecule has 28 heavy (non-hydrogen) atoms. The summed E-state index contributed by atoms with van der Waals surface area (Å²) in [6.07, 6.45) is 1.05. The lowest BCUT2D eigenvalue weighted by molar-refractivity contribution is -0.126. The van der Waals surface area contributed by atoms with Crippen molar-refractivity contribution in [2.75, 3.05) is 20.2 Å². The number of hydrogen-bond donors (Lipinski definition) is 1. The quantitative estimate of drug-likeness (QED) is 0.806. The van der Waals surface area contributed by atoms with Crippen molar-refractivity contribution in [1.82, 2.24) is 9.62 Å². The maximum atomic E-state index is 12.8. The number of rotatable bonds is 6. The first-order chi connectivity index (χ1) is 13.4. The fourth-order valence-electron chi connectivity index (χ4n) is 3.41. The molecule has 0 aromatic heterocycles. The number of hydrogen-bond acceptors (Lipinski definition) is 4. The third-order valence-electron chi connectivity index (χ3n) is 5.07. The summed E-state index contributed by atoms with van der Waals surface area (Å²) in [6.45, 7) is 3.20. The van der Waals surface area contributed by atoms with Crippen LogP contribution in [-0.2, 0) is 21.4 Å². The molecule has 150 valence electrons. The van der Waals surface area contributed by atoms with Gasteiger partial charge >= 0.3 is 0 Å². The number of carbonyl (C=O) groups excluding carboxylic acids is 1. The molecule has 1 saturated heterocycles. The highest BCUT2D eigenvalue weighted by molar-refractivity contribution is 7.89. The van der Waals surface area contributed by atoms with Gasteiger partial charge in [-0.15, -0.1) is 0 Å². The van der Waals surface area contributed by atoms with Crippen molar-refractivity contribution in [2.45, 2.75) is 31.2 Å². The van der Waals surface area contributed by atoms with Crippen LogP contribution in [0.4, 0.5) is 0 Å². The van der Waals surface area contributed by atoms with Gasteiger partial charge in [-0.2, -0.15) is 4.31 Å². The van der Waals surface area contributed by atoms with Gasteiger partial charge in [-0.05, 0) is 49.6 Å². The SMILES string of the molecule is COc1ccc(S(=O)(=O)N2CCC(C(=O)NCc3cccc(C)c3)CC2)cc1. The molecule has 1 fully saturated rings. The van der Waals surface area contributed by atoms with Crippen molar-refractivity contribution in [2.24, 2.45) is 5.92 Å². The molecule has 0 radical (unpaired) electrons. The van der Waals surface area contributed by atoms with E-state index >= 15 is 0 Å². The molecule has 3 rings (SSSR count). The van der Waals surface area contributed by atoms with E-state index in [1.165, 1.54) is 11.4 Å². The summed E-state index contributed by atoms with van der Waals surface area (Å²) in [4.78, 5) is 12.7. The van der Waals surface area contributed by atoms with Gasteiger partial charge in [-0.3, -0.25) is 4.79 Å². The largest absolute Gasteiger partial charge is 0.497 e. The molecule has 1 aliphatic rings. The fraction of sp³-hybridized carbons (Fsp3) is 0.381. The zero-order valence-corrected chi connectivity index (χ0v) is 17.0. The van der Waals surface area contributed by atoms with Crippen LogP contribution in [0.3, 0.4) is 0 Å². The molecule has 2 aromatic carbocycles. The molecular weight excluding hydrogens is 376 g/mol. The summed E-state index contributed by atoms with van der Waals surface area (Å²) in [5.41, 5.74) is 2.22. The third-order valence-corrected chi connectivity index (χ3v) is 6.98. The Labute approximate surface area is 166 Å². The number of piperidine rings is 1. The fourth-order valence-corrected chi connectivity index (χ4v) is 4.88. The Bertz CT molecular complexity index is 918. The van der Waals surface area contributed by atoms with E-state index in [4.69, 9.17) is 4.74 Å². The van der Waals surface area contributed by atoms with Gasteiger partial charge < -0.3 is 10.1 Å². The Morgan fingerprint density at radius 3 is 2.43 bits per heavy atom. The molecule has 0 bridgehead atoms. The lowest BCUT2D eigenvalue weighted by atomic mass is 9.97. The first-order valence-corrected chi connectivity index (χ1v) is 10.8. The zero-order chi connectivity index (χ0) is 20.1. The minimum atomic E-state index is -3.55. The summed E-state index contributed by atoms with van der Waals surface area (Å²) in [7, 11) is -2.01. The van der Waals surface area contributed by atoms with Crippen LogP contribution < -0.4 is 10.1 Å². The molecule has 0 unspecified atom stereocenters. The maximum absolute atomic E-state index is 12.8. The average molecular weight is 403 g/mol. The van der Waals surface area contributed by atoms with Gasteiger partial charge in [0.15, 0.2) is 0 Å². The Balaban J connectivity index is 1.55. The van der Waals surface area contributed by atoms with Gasteiger partial charge in [0.2, 0.25) is 15.9 Å². The molecule has 1 amide bonds. The van der Waals surface area contributed by atoms with Gasteiger partial charge in [0.25, 0.3) is 0 Å². The third kappa shape index (κ3) is 4.72. The van der Waals surface area contributed by atoms with Gasteiger partial charge in [0, 0.05) is 25.6 Å². The Kier molecular flexibility index (Phi) is 6.36. The number of nitrogens with zero attached hydrogens (tertiary/aromatic N) is 1. The Morgan fingerprint density at radius 2 is 1.82 bits per heavy atom. The van der Waals surface area contributed by atoms with Gasteiger partial charge in [-0.25, -0.2) is 8.42 Å². The van der Waals surface area contributed by atoms with Gasteiger partial charge in [0.05, 0.1) is 12.0 Å². The predicted octanol–water partition coefficient (Wildman–Crippen LogP) is 2.72. The minimum Gasteiger partial charge on any atom is -0.497 e. The molecule has 6 nitrogen and oxygen atoms in total. The second-order valence-corrected chi connectivity index (χ2v) is 9.00. The number of ether oxygens (including phenoxy) is 1. The highest BCUT2D eigenvalue weighted by Crippen LogP contribution is 2.25.